The molecule has 0 fully saturated rings. The molecule has 5 heteroatoms. The number of rotatable bonds is 5. The van der Waals surface area contributed by atoms with Gasteiger partial charge in [0, 0.05) is 24.1 Å². The van der Waals surface area contributed by atoms with Crippen molar-refractivity contribution in [3.05, 3.63) is 22.3 Å². The molecule has 0 saturated carbocycles. The maximum atomic E-state index is 6.15. The van der Waals surface area contributed by atoms with Crippen LogP contribution >= 0.6 is 39.1 Å². The van der Waals surface area contributed by atoms with E-state index in [1.807, 2.05) is 0 Å². The Hall–Kier alpha value is 0.01000. The number of alkyl halides is 1. The molecule has 0 bridgehead atoms. The summed E-state index contributed by atoms with van der Waals surface area (Å²) in [4.78, 5) is 6.48. The Balaban J connectivity index is 2.92. The summed E-state index contributed by atoms with van der Waals surface area (Å²) in [5, 5.41) is 2.15. The molecule has 0 aromatic carbocycles. The Kier molecular flexibility index (Phi) is 5.87. The Morgan fingerprint density at radius 2 is 2.12 bits per heavy atom. The van der Waals surface area contributed by atoms with Crippen molar-refractivity contribution >= 4 is 44.9 Å². The molecule has 0 spiro atoms. The number of nitrogens with zero attached hydrogens (tertiary/aromatic N) is 2. The van der Waals surface area contributed by atoms with Crippen LogP contribution in [-0.4, -0.2) is 22.9 Å². The van der Waals surface area contributed by atoms with Crippen LogP contribution in [0.5, 0.6) is 0 Å². The minimum Gasteiger partial charge on any atom is -0.353 e. The first-order valence-electron chi connectivity index (χ1n) is 5.20. The minimum absolute atomic E-state index is 0.366. The van der Waals surface area contributed by atoms with Gasteiger partial charge < -0.3 is 4.90 Å². The Labute approximate surface area is 115 Å². The van der Waals surface area contributed by atoms with Crippen molar-refractivity contribution in [2.24, 2.45) is 0 Å². The molecule has 1 rings (SSSR count). The smallest absolute Gasteiger partial charge is 0.147 e. The van der Waals surface area contributed by atoms with E-state index in [0.29, 0.717) is 16.1 Å². The van der Waals surface area contributed by atoms with Crippen molar-refractivity contribution in [2.75, 3.05) is 16.8 Å². The fourth-order valence-corrected chi connectivity index (χ4v) is 2.20. The van der Waals surface area contributed by atoms with Gasteiger partial charge in [0.05, 0.1) is 10.0 Å². The SMILES string of the molecule is CC(C)N(CCCBr)c1ncc(Cl)cc1Cl. The molecule has 0 N–H and O–H groups in total. The lowest BCUT2D eigenvalue weighted by molar-refractivity contribution is 0.665. The van der Waals surface area contributed by atoms with Crippen molar-refractivity contribution in [1.82, 2.24) is 4.98 Å². The van der Waals surface area contributed by atoms with E-state index in [1.165, 1.54) is 0 Å². The number of pyridine rings is 1. The summed E-state index contributed by atoms with van der Waals surface area (Å²) < 4.78 is 0. The van der Waals surface area contributed by atoms with Crippen LogP contribution in [0.3, 0.4) is 0 Å². The Morgan fingerprint density at radius 1 is 1.44 bits per heavy atom. The van der Waals surface area contributed by atoms with Crippen molar-refractivity contribution in [1.29, 1.82) is 0 Å². The number of halogens is 3. The van der Waals surface area contributed by atoms with Crippen LogP contribution in [0.25, 0.3) is 0 Å². The van der Waals surface area contributed by atoms with Crippen LogP contribution in [0, 0.1) is 0 Å². The Bertz CT molecular complexity index is 345. The van der Waals surface area contributed by atoms with Crippen LogP contribution in [0.2, 0.25) is 10.0 Å². The van der Waals surface area contributed by atoms with E-state index in [4.69, 9.17) is 23.2 Å². The van der Waals surface area contributed by atoms with Gasteiger partial charge in [-0.2, -0.15) is 0 Å². The molecule has 0 aliphatic heterocycles. The van der Waals surface area contributed by atoms with Crippen LogP contribution in [0.4, 0.5) is 5.82 Å². The summed E-state index contributed by atoms with van der Waals surface area (Å²) in [6.45, 7) is 5.18. The van der Waals surface area contributed by atoms with Gasteiger partial charge in [0.1, 0.15) is 5.82 Å². The maximum absolute atomic E-state index is 6.15. The highest BCUT2D eigenvalue weighted by Gasteiger charge is 2.14. The van der Waals surface area contributed by atoms with Crippen molar-refractivity contribution < 1.29 is 0 Å². The van der Waals surface area contributed by atoms with Gasteiger partial charge in [0.2, 0.25) is 0 Å². The topological polar surface area (TPSA) is 16.1 Å². The lowest BCUT2D eigenvalue weighted by Gasteiger charge is -2.28. The van der Waals surface area contributed by atoms with Crippen LogP contribution in [0.15, 0.2) is 12.3 Å². The Morgan fingerprint density at radius 3 is 2.62 bits per heavy atom. The monoisotopic (exact) mass is 324 g/mol. The van der Waals surface area contributed by atoms with E-state index in [1.54, 1.807) is 12.3 Å². The molecule has 1 heterocycles. The highest BCUT2D eigenvalue weighted by Crippen LogP contribution is 2.27. The minimum atomic E-state index is 0.366. The lowest BCUT2D eigenvalue weighted by Crippen LogP contribution is -2.32. The molecule has 90 valence electrons. The second-order valence-corrected chi connectivity index (χ2v) is 5.43. The summed E-state index contributed by atoms with van der Waals surface area (Å²) in [7, 11) is 0. The van der Waals surface area contributed by atoms with E-state index in [0.717, 1.165) is 24.1 Å². The van der Waals surface area contributed by atoms with Crippen LogP contribution in [0.1, 0.15) is 20.3 Å². The number of hydrogen-bond donors (Lipinski definition) is 0. The van der Waals surface area contributed by atoms with E-state index >= 15 is 0 Å². The molecule has 0 unspecified atom stereocenters. The number of hydrogen-bond acceptors (Lipinski definition) is 2. The van der Waals surface area contributed by atoms with Gasteiger partial charge in [0.15, 0.2) is 0 Å². The highest BCUT2D eigenvalue weighted by atomic mass is 79.9. The molecule has 1 aromatic rings. The molecule has 2 nitrogen and oxygen atoms in total. The third-order valence-electron chi connectivity index (χ3n) is 2.22. The molecule has 0 aliphatic carbocycles. The normalized spacial score (nSPS) is 10.9. The molecule has 0 saturated heterocycles. The second kappa shape index (κ2) is 6.67. The molecule has 1 aromatic heterocycles. The number of anilines is 1. The van der Waals surface area contributed by atoms with Gasteiger partial charge >= 0.3 is 0 Å². The van der Waals surface area contributed by atoms with E-state index in [9.17, 15) is 0 Å². The molecule has 0 amide bonds. The van der Waals surface area contributed by atoms with E-state index < -0.39 is 0 Å². The first kappa shape index (κ1) is 14.1. The fraction of sp³-hybridized carbons (Fsp3) is 0.545. The summed E-state index contributed by atoms with van der Waals surface area (Å²) >= 11 is 15.4. The molecule has 0 aliphatic rings. The van der Waals surface area contributed by atoms with Gasteiger partial charge in [-0.3, -0.25) is 0 Å². The third kappa shape index (κ3) is 3.79. The number of aromatic nitrogens is 1. The van der Waals surface area contributed by atoms with Crippen molar-refractivity contribution in [2.45, 2.75) is 26.3 Å². The quantitative estimate of drug-likeness (QED) is 0.746. The zero-order valence-corrected chi connectivity index (χ0v) is 12.5. The molecule has 0 radical (unpaired) electrons. The van der Waals surface area contributed by atoms with Gasteiger partial charge in [0.25, 0.3) is 0 Å². The average Bonchev–Trinajstić information content (AvgIpc) is 2.20. The molecule has 0 atom stereocenters. The van der Waals surface area contributed by atoms with Crippen molar-refractivity contribution in [3.8, 4) is 0 Å². The zero-order chi connectivity index (χ0) is 12.1. The van der Waals surface area contributed by atoms with Crippen molar-refractivity contribution in [3.63, 3.8) is 0 Å². The van der Waals surface area contributed by atoms with Crippen LogP contribution in [-0.2, 0) is 0 Å². The average molecular weight is 326 g/mol. The lowest BCUT2D eigenvalue weighted by atomic mass is 10.3. The van der Waals surface area contributed by atoms with Crippen LogP contribution < -0.4 is 4.90 Å². The second-order valence-electron chi connectivity index (χ2n) is 3.79. The fourth-order valence-electron chi connectivity index (χ4n) is 1.46. The summed E-state index contributed by atoms with van der Waals surface area (Å²) in [5.41, 5.74) is 0. The van der Waals surface area contributed by atoms with E-state index in [2.05, 4.69) is 39.7 Å². The maximum Gasteiger partial charge on any atom is 0.147 e. The standard InChI is InChI=1S/C11H15BrCl2N2/c1-8(2)16(5-3-4-12)11-10(14)6-9(13)7-15-11/h6-8H,3-5H2,1-2H3. The van der Waals surface area contributed by atoms with Gasteiger partial charge in [-0.1, -0.05) is 39.1 Å². The largest absolute Gasteiger partial charge is 0.353 e. The third-order valence-corrected chi connectivity index (χ3v) is 3.26. The predicted molar refractivity (Wildman–Crippen MR) is 75.2 cm³/mol. The van der Waals surface area contributed by atoms with Gasteiger partial charge in [-0.25, -0.2) is 4.98 Å². The summed E-state index contributed by atoms with van der Waals surface area (Å²) in [5.74, 6) is 0.807. The first-order valence-corrected chi connectivity index (χ1v) is 7.07. The van der Waals surface area contributed by atoms with Gasteiger partial charge in [-0.05, 0) is 26.3 Å². The zero-order valence-electron chi connectivity index (χ0n) is 9.38. The first-order chi connectivity index (χ1) is 7.56. The van der Waals surface area contributed by atoms with E-state index in [-0.39, 0.29) is 0 Å². The predicted octanol–water partition coefficient (Wildman–Crippen LogP) is 4.39. The molecule has 16 heavy (non-hydrogen) atoms. The highest BCUT2D eigenvalue weighted by molar-refractivity contribution is 9.09. The molecular formula is C11H15BrCl2N2. The molecular weight excluding hydrogens is 311 g/mol. The summed E-state index contributed by atoms with van der Waals surface area (Å²) in [6, 6.07) is 2.10. The van der Waals surface area contributed by atoms with Gasteiger partial charge in [-0.15, -0.1) is 0 Å². The summed E-state index contributed by atoms with van der Waals surface area (Å²) in [6.07, 6.45) is 2.69.